The second kappa shape index (κ2) is 6.31. The number of nitrogens with zero attached hydrogens (tertiary/aromatic N) is 4. The number of aryl methyl sites for hydroxylation is 1. The zero-order valence-electron chi connectivity index (χ0n) is 14.1. The summed E-state index contributed by atoms with van der Waals surface area (Å²) in [5, 5.41) is 4.02. The number of carbonyl (C=O) groups is 2. The number of rotatable bonds is 4. The van der Waals surface area contributed by atoms with Crippen molar-refractivity contribution in [1.82, 2.24) is 19.9 Å². The van der Waals surface area contributed by atoms with Crippen molar-refractivity contribution in [2.75, 3.05) is 13.1 Å². The van der Waals surface area contributed by atoms with E-state index in [1.807, 2.05) is 31.2 Å². The van der Waals surface area contributed by atoms with Gasteiger partial charge in [-0.2, -0.15) is 4.98 Å². The maximum atomic E-state index is 12.8. The lowest BCUT2D eigenvalue weighted by molar-refractivity contribution is -0.133. The quantitative estimate of drug-likeness (QED) is 0.850. The Labute approximate surface area is 145 Å². The first-order valence-electron chi connectivity index (χ1n) is 8.66. The molecule has 0 spiro atoms. The van der Waals surface area contributed by atoms with Crippen LogP contribution in [-0.4, -0.2) is 44.8 Å². The molecule has 0 aliphatic carbocycles. The summed E-state index contributed by atoms with van der Waals surface area (Å²) < 4.78 is 5.18. The fraction of sp³-hybridized carbons (Fsp3) is 0.444. The van der Waals surface area contributed by atoms with Gasteiger partial charge >= 0.3 is 0 Å². The Morgan fingerprint density at radius 1 is 1.36 bits per heavy atom. The van der Waals surface area contributed by atoms with Crippen molar-refractivity contribution in [3.8, 4) is 0 Å². The van der Waals surface area contributed by atoms with Crippen molar-refractivity contribution in [3.63, 3.8) is 0 Å². The smallest absolute Gasteiger partial charge is 0.254 e. The monoisotopic (exact) mass is 340 g/mol. The summed E-state index contributed by atoms with van der Waals surface area (Å²) in [6, 6.07) is 7.35. The van der Waals surface area contributed by atoms with Gasteiger partial charge < -0.3 is 14.3 Å². The largest absolute Gasteiger partial charge is 0.339 e. The molecule has 2 amide bonds. The van der Waals surface area contributed by atoms with Gasteiger partial charge in [0.1, 0.15) is 6.54 Å². The topological polar surface area (TPSA) is 79.5 Å². The molecule has 2 aliphatic heterocycles. The summed E-state index contributed by atoms with van der Waals surface area (Å²) >= 11 is 0. The van der Waals surface area contributed by atoms with Crippen LogP contribution in [0.2, 0.25) is 0 Å². The summed E-state index contributed by atoms with van der Waals surface area (Å²) in [5.74, 6) is 1.01. The maximum absolute atomic E-state index is 12.8. The highest BCUT2D eigenvalue weighted by atomic mass is 16.5. The van der Waals surface area contributed by atoms with E-state index >= 15 is 0 Å². The maximum Gasteiger partial charge on any atom is 0.254 e. The Morgan fingerprint density at radius 3 is 2.96 bits per heavy atom. The molecule has 3 heterocycles. The van der Waals surface area contributed by atoms with Gasteiger partial charge in [-0.05, 0) is 24.5 Å². The van der Waals surface area contributed by atoms with Crippen LogP contribution in [0.5, 0.6) is 0 Å². The van der Waals surface area contributed by atoms with Crippen molar-refractivity contribution < 1.29 is 14.1 Å². The van der Waals surface area contributed by atoms with Gasteiger partial charge in [0.25, 0.3) is 5.91 Å². The molecule has 2 aliphatic rings. The number of hydrogen-bond acceptors (Lipinski definition) is 5. The highest BCUT2D eigenvalue weighted by Gasteiger charge is 2.36. The fourth-order valence-corrected chi connectivity index (χ4v) is 3.58. The molecular weight excluding hydrogens is 320 g/mol. The average molecular weight is 340 g/mol. The van der Waals surface area contributed by atoms with Crippen molar-refractivity contribution in [3.05, 3.63) is 47.1 Å². The Balaban J connectivity index is 1.47. The van der Waals surface area contributed by atoms with Crippen molar-refractivity contribution in [2.45, 2.75) is 38.8 Å². The van der Waals surface area contributed by atoms with E-state index in [9.17, 15) is 9.59 Å². The van der Waals surface area contributed by atoms with E-state index in [0.29, 0.717) is 36.8 Å². The first kappa shape index (κ1) is 15.8. The summed E-state index contributed by atoms with van der Waals surface area (Å²) in [4.78, 5) is 33.0. The van der Waals surface area contributed by atoms with Crippen LogP contribution in [0.4, 0.5) is 0 Å². The molecule has 2 aromatic rings. The number of likely N-dealkylation sites (tertiary alicyclic amines) is 1. The third kappa shape index (κ3) is 2.79. The Kier molecular flexibility index (Phi) is 3.99. The second-order valence-electron chi connectivity index (χ2n) is 6.46. The highest BCUT2D eigenvalue weighted by Crippen LogP contribution is 2.31. The molecule has 1 saturated heterocycles. The minimum absolute atomic E-state index is 0.0634. The van der Waals surface area contributed by atoms with Crippen LogP contribution in [0.1, 0.15) is 53.4 Å². The predicted octanol–water partition coefficient (Wildman–Crippen LogP) is 1.95. The van der Waals surface area contributed by atoms with Gasteiger partial charge in [-0.3, -0.25) is 9.59 Å². The molecule has 1 aromatic heterocycles. The van der Waals surface area contributed by atoms with Gasteiger partial charge in [0.15, 0.2) is 5.82 Å². The molecule has 0 saturated carbocycles. The SMILES string of the molecule is CCc1nc([C@@H]2CCCN2C(=O)CN2Cc3ccccc3C2=O)no1. The Hall–Kier alpha value is -2.70. The number of aromatic nitrogens is 2. The summed E-state index contributed by atoms with van der Waals surface area (Å²) in [5.41, 5.74) is 1.67. The third-order valence-electron chi connectivity index (χ3n) is 4.88. The zero-order valence-corrected chi connectivity index (χ0v) is 14.1. The van der Waals surface area contributed by atoms with E-state index in [0.717, 1.165) is 18.4 Å². The number of hydrogen-bond donors (Lipinski definition) is 0. The van der Waals surface area contributed by atoms with Crippen LogP contribution >= 0.6 is 0 Å². The number of carbonyl (C=O) groups excluding carboxylic acids is 2. The minimum Gasteiger partial charge on any atom is -0.339 e. The molecular formula is C18H20N4O3. The highest BCUT2D eigenvalue weighted by molar-refractivity contribution is 6.00. The van der Waals surface area contributed by atoms with Gasteiger partial charge in [0.05, 0.1) is 6.04 Å². The van der Waals surface area contributed by atoms with E-state index in [-0.39, 0.29) is 24.4 Å². The van der Waals surface area contributed by atoms with Crippen molar-refractivity contribution in [2.24, 2.45) is 0 Å². The second-order valence-corrected chi connectivity index (χ2v) is 6.46. The van der Waals surface area contributed by atoms with Gasteiger partial charge in [-0.1, -0.05) is 30.3 Å². The molecule has 0 N–H and O–H groups in total. The van der Waals surface area contributed by atoms with Crippen LogP contribution in [0, 0.1) is 0 Å². The predicted molar refractivity (Wildman–Crippen MR) is 88.5 cm³/mol. The zero-order chi connectivity index (χ0) is 17.4. The van der Waals surface area contributed by atoms with Crippen LogP contribution in [0.15, 0.2) is 28.8 Å². The molecule has 1 fully saturated rings. The van der Waals surface area contributed by atoms with Crippen LogP contribution in [-0.2, 0) is 17.8 Å². The first-order chi connectivity index (χ1) is 12.2. The molecule has 0 unspecified atom stereocenters. The van der Waals surface area contributed by atoms with E-state index in [1.54, 1.807) is 9.80 Å². The van der Waals surface area contributed by atoms with Crippen LogP contribution < -0.4 is 0 Å². The van der Waals surface area contributed by atoms with Crippen molar-refractivity contribution in [1.29, 1.82) is 0 Å². The van der Waals surface area contributed by atoms with E-state index in [4.69, 9.17) is 4.52 Å². The van der Waals surface area contributed by atoms with Gasteiger partial charge in [0.2, 0.25) is 11.8 Å². The average Bonchev–Trinajstić information content (AvgIpc) is 3.34. The van der Waals surface area contributed by atoms with Crippen LogP contribution in [0.25, 0.3) is 0 Å². The normalized spacial score (nSPS) is 19.6. The molecule has 0 bridgehead atoms. The summed E-state index contributed by atoms with van der Waals surface area (Å²) in [6.45, 7) is 3.18. The Morgan fingerprint density at radius 2 is 2.20 bits per heavy atom. The molecule has 7 nitrogen and oxygen atoms in total. The fourth-order valence-electron chi connectivity index (χ4n) is 3.58. The molecule has 0 radical (unpaired) electrons. The van der Waals surface area contributed by atoms with Gasteiger partial charge in [0, 0.05) is 25.1 Å². The third-order valence-corrected chi connectivity index (χ3v) is 4.88. The number of amides is 2. The standard InChI is InChI=1S/C18H20N4O3/c1-2-15-19-17(20-25-15)14-8-5-9-22(14)16(23)11-21-10-12-6-3-4-7-13(12)18(21)24/h3-4,6-7,14H,2,5,8-11H2,1H3/t14-/m0/s1. The van der Waals surface area contributed by atoms with E-state index in [2.05, 4.69) is 10.1 Å². The van der Waals surface area contributed by atoms with E-state index < -0.39 is 0 Å². The molecule has 7 heteroatoms. The number of benzene rings is 1. The Bertz CT molecular complexity index is 816. The summed E-state index contributed by atoms with van der Waals surface area (Å²) in [7, 11) is 0. The van der Waals surface area contributed by atoms with Gasteiger partial charge in [-0.15, -0.1) is 0 Å². The van der Waals surface area contributed by atoms with Crippen molar-refractivity contribution >= 4 is 11.8 Å². The molecule has 130 valence electrons. The van der Waals surface area contributed by atoms with Crippen LogP contribution in [0.3, 0.4) is 0 Å². The number of fused-ring (bicyclic) bond motifs is 1. The minimum atomic E-state index is -0.156. The summed E-state index contributed by atoms with van der Waals surface area (Å²) in [6.07, 6.45) is 2.40. The molecule has 1 aromatic carbocycles. The lowest BCUT2D eigenvalue weighted by Crippen LogP contribution is -2.40. The molecule has 25 heavy (non-hydrogen) atoms. The molecule has 1 atom stereocenters. The molecule has 4 rings (SSSR count). The van der Waals surface area contributed by atoms with E-state index in [1.165, 1.54) is 0 Å². The lowest BCUT2D eigenvalue weighted by atomic mass is 10.1. The van der Waals surface area contributed by atoms with Gasteiger partial charge in [-0.25, -0.2) is 0 Å². The first-order valence-corrected chi connectivity index (χ1v) is 8.66. The lowest BCUT2D eigenvalue weighted by Gasteiger charge is -2.25.